The average Bonchev–Trinajstić information content (AvgIpc) is 2.81. The largest absolute Gasteiger partial charge is 0.495 e. The predicted molar refractivity (Wildman–Crippen MR) is 98.5 cm³/mol. The summed E-state index contributed by atoms with van der Waals surface area (Å²) in [5, 5.41) is 0. The Balaban J connectivity index is 2.37. The highest BCUT2D eigenvalue weighted by Gasteiger charge is 2.31. The van der Waals surface area contributed by atoms with Crippen LogP contribution in [0.1, 0.15) is 49.3 Å². The molecule has 8 nitrogen and oxygen atoms in total. The minimum atomic E-state index is -0.563. The lowest BCUT2D eigenvalue weighted by atomic mass is 10.0. The molecule has 0 radical (unpaired) electrons. The molecular formula is C19H28N2O6. The molecule has 2 heterocycles. The Bertz CT molecular complexity index is 711. The third-order valence-corrected chi connectivity index (χ3v) is 4.08. The zero-order valence-electron chi connectivity index (χ0n) is 16.9. The number of rotatable bonds is 4. The Kier molecular flexibility index (Phi) is 6.51. The maximum absolute atomic E-state index is 12.4. The highest BCUT2D eigenvalue weighted by Crippen LogP contribution is 2.35. The second-order valence-corrected chi connectivity index (χ2v) is 7.14. The Morgan fingerprint density at radius 3 is 2.33 bits per heavy atom. The Hall–Kier alpha value is -2.51. The normalized spacial score (nSPS) is 14.1. The topological polar surface area (TPSA) is 87.2 Å². The number of aromatic nitrogens is 1. The molecule has 1 aliphatic rings. The van der Waals surface area contributed by atoms with Crippen molar-refractivity contribution in [3.05, 3.63) is 16.8 Å². The number of pyridine rings is 1. The summed E-state index contributed by atoms with van der Waals surface area (Å²) in [7, 11) is 2.94. The van der Waals surface area contributed by atoms with Crippen LogP contribution in [0.15, 0.2) is 0 Å². The molecule has 0 unspecified atom stereocenters. The van der Waals surface area contributed by atoms with Crippen LogP contribution in [-0.2, 0) is 22.3 Å². The van der Waals surface area contributed by atoms with E-state index in [2.05, 4.69) is 4.98 Å². The smallest absolute Gasteiger partial charge is 0.410 e. The molecule has 0 saturated heterocycles. The van der Waals surface area contributed by atoms with Gasteiger partial charge in [-0.2, -0.15) is 0 Å². The monoisotopic (exact) mass is 380 g/mol. The van der Waals surface area contributed by atoms with Gasteiger partial charge in [-0.3, -0.25) is 0 Å². The van der Waals surface area contributed by atoms with Gasteiger partial charge in [-0.05, 0) is 34.1 Å². The Labute approximate surface area is 159 Å². The quantitative estimate of drug-likeness (QED) is 0.742. The first-order valence-corrected chi connectivity index (χ1v) is 9.00. The minimum Gasteiger partial charge on any atom is -0.495 e. The predicted octanol–water partition coefficient (Wildman–Crippen LogP) is 2.61. The number of fused-ring (bicyclic) bond motifs is 1. The summed E-state index contributed by atoms with van der Waals surface area (Å²) >= 11 is 0. The fourth-order valence-corrected chi connectivity index (χ4v) is 2.95. The zero-order chi connectivity index (χ0) is 20.2. The molecule has 1 aromatic rings. The van der Waals surface area contributed by atoms with Gasteiger partial charge in [0.25, 0.3) is 0 Å². The van der Waals surface area contributed by atoms with Crippen LogP contribution >= 0.6 is 0 Å². The van der Waals surface area contributed by atoms with Gasteiger partial charge < -0.3 is 23.8 Å². The number of hydrogen-bond acceptors (Lipinski definition) is 7. The molecule has 0 N–H and O–H groups in total. The molecule has 0 spiro atoms. The highest BCUT2D eigenvalue weighted by molar-refractivity contribution is 5.95. The van der Waals surface area contributed by atoms with Gasteiger partial charge in [0.2, 0.25) is 5.88 Å². The molecule has 8 heteroatoms. The minimum absolute atomic E-state index is 0.162. The second kappa shape index (κ2) is 8.45. The first-order chi connectivity index (χ1) is 12.7. The van der Waals surface area contributed by atoms with Crippen molar-refractivity contribution in [2.24, 2.45) is 0 Å². The number of hydrogen-bond donors (Lipinski definition) is 0. The van der Waals surface area contributed by atoms with E-state index < -0.39 is 11.6 Å². The van der Waals surface area contributed by atoms with E-state index in [-0.39, 0.29) is 24.1 Å². The lowest BCUT2D eigenvalue weighted by molar-refractivity contribution is 0.0257. The second-order valence-electron chi connectivity index (χ2n) is 7.14. The average molecular weight is 380 g/mol. The molecule has 0 saturated carbocycles. The molecule has 0 aromatic carbocycles. The van der Waals surface area contributed by atoms with Crippen LogP contribution < -0.4 is 9.47 Å². The van der Waals surface area contributed by atoms with Gasteiger partial charge >= 0.3 is 12.1 Å². The number of methoxy groups -OCH3 is 2. The summed E-state index contributed by atoms with van der Waals surface area (Å²) in [6.45, 7) is 8.35. The lowest BCUT2D eigenvalue weighted by Gasteiger charge is -2.26. The fourth-order valence-electron chi connectivity index (χ4n) is 2.95. The van der Waals surface area contributed by atoms with Crippen molar-refractivity contribution in [1.82, 2.24) is 9.88 Å². The van der Waals surface area contributed by atoms with Gasteiger partial charge in [0, 0.05) is 25.1 Å². The summed E-state index contributed by atoms with van der Waals surface area (Å²) in [6, 6.07) is 0. The molecule has 1 amide bonds. The molecule has 0 atom stereocenters. The molecule has 0 aliphatic carbocycles. The van der Waals surface area contributed by atoms with Gasteiger partial charge in [0.1, 0.15) is 11.4 Å². The molecular weight excluding hydrogens is 352 g/mol. The van der Waals surface area contributed by atoms with Crippen LogP contribution in [0.4, 0.5) is 4.79 Å². The molecule has 0 fully saturated rings. The van der Waals surface area contributed by atoms with E-state index in [0.717, 1.165) is 11.3 Å². The van der Waals surface area contributed by atoms with E-state index in [4.69, 9.17) is 18.9 Å². The van der Waals surface area contributed by atoms with Crippen molar-refractivity contribution >= 4 is 12.1 Å². The van der Waals surface area contributed by atoms with Crippen LogP contribution in [0.5, 0.6) is 11.6 Å². The van der Waals surface area contributed by atoms with Crippen molar-refractivity contribution in [2.75, 3.05) is 33.9 Å². The summed E-state index contributed by atoms with van der Waals surface area (Å²) in [5.41, 5.74) is 1.13. The molecule has 1 aromatic heterocycles. The summed E-state index contributed by atoms with van der Waals surface area (Å²) in [4.78, 5) is 30.9. The van der Waals surface area contributed by atoms with Crippen molar-refractivity contribution < 1.29 is 28.5 Å². The molecule has 150 valence electrons. The highest BCUT2D eigenvalue weighted by atomic mass is 16.6. The lowest BCUT2D eigenvalue weighted by Crippen LogP contribution is -2.38. The van der Waals surface area contributed by atoms with Crippen LogP contribution in [0.3, 0.4) is 0 Å². The van der Waals surface area contributed by atoms with Gasteiger partial charge in [0.15, 0.2) is 5.56 Å². The standard InChI is InChI=1S/C19H28N2O6/c1-7-26-17(22)14-15(24-5)12-8-10-21(18(23)27-19(2,3)4)11-9-13(12)20-16(14)25-6/h7-11H2,1-6H3. The van der Waals surface area contributed by atoms with E-state index in [0.29, 0.717) is 31.7 Å². The van der Waals surface area contributed by atoms with E-state index in [1.165, 1.54) is 14.2 Å². The Morgan fingerprint density at radius 1 is 1.11 bits per heavy atom. The molecule has 27 heavy (non-hydrogen) atoms. The summed E-state index contributed by atoms with van der Waals surface area (Å²) in [6.07, 6.45) is 0.623. The summed E-state index contributed by atoms with van der Waals surface area (Å²) in [5.74, 6) is 0.00542. The van der Waals surface area contributed by atoms with E-state index in [1.54, 1.807) is 11.8 Å². The maximum Gasteiger partial charge on any atom is 0.410 e. The molecule has 1 aliphatic heterocycles. The maximum atomic E-state index is 12.4. The van der Waals surface area contributed by atoms with E-state index in [9.17, 15) is 9.59 Å². The van der Waals surface area contributed by atoms with Gasteiger partial charge in [-0.25, -0.2) is 14.6 Å². The van der Waals surface area contributed by atoms with Crippen molar-refractivity contribution in [3.8, 4) is 11.6 Å². The van der Waals surface area contributed by atoms with E-state index >= 15 is 0 Å². The number of esters is 1. The third kappa shape index (κ3) is 4.81. The van der Waals surface area contributed by atoms with Gasteiger partial charge in [0.05, 0.1) is 26.5 Å². The number of ether oxygens (including phenoxy) is 4. The van der Waals surface area contributed by atoms with Crippen LogP contribution in [-0.4, -0.2) is 61.5 Å². The first-order valence-electron chi connectivity index (χ1n) is 9.00. The zero-order valence-corrected chi connectivity index (χ0v) is 16.9. The van der Waals surface area contributed by atoms with Crippen molar-refractivity contribution in [2.45, 2.75) is 46.1 Å². The van der Waals surface area contributed by atoms with Gasteiger partial charge in [-0.15, -0.1) is 0 Å². The molecule has 2 rings (SSSR count). The molecule has 0 bridgehead atoms. The third-order valence-electron chi connectivity index (χ3n) is 4.08. The van der Waals surface area contributed by atoms with Crippen molar-refractivity contribution in [3.63, 3.8) is 0 Å². The van der Waals surface area contributed by atoms with Crippen molar-refractivity contribution in [1.29, 1.82) is 0 Å². The van der Waals surface area contributed by atoms with Crippen LogP contribution in [0.25, 0.3) is 0 Å². The Morgan fingerprint density at radius 2 is 1.78 bits per heavy atom. The number of carbonyl (C=O) groups is 2. The summed E-state index contributed by atoms with van der Waals surface area (Å²) < 4.78 is 21.4. The van der Waals surface area contributed by atoms with E-state index in [1.807, 2.05) is 20.8 Å². The van der Waals surface area contributed by atoms with Crippen LogP contribution in [0, 0.1) is 0 Å². The first kappa shape index (κ1) is 20.8. The number of carbonyl (C=O) groups excluding carboxylic acids is 2. The fraction of sp³-hybridized carbons (Fsp3) is 0.632. The van der Waals surface area contributed by atoms with Gasteiger partial charge in [-0.1, -0.05) is 0 Å². The number of nitrogens with zero attached hydrogens (tertiary/aromatic N) is 2. The SMILES string of the molecule is CCOC(=O)c1c(OC)nc2c(c1OC)CCN(C(=O)OC(C)(C)C)CC2. The van der Waals surface area contributed by atoms with Crippen LogP contribution in [0.2, 0.25) is 0 Å². The number of amides is 1.